The van der Waals surface area contributed by atoms with Crippen molar-refractivity contribution < 1.29 is 14.3 Å². The van der Waals surface area contributed by atoms with Gasteiger partial charge in [-0.05, 0) is 32.5 Å². The van der Waals surface area contributed by atoms with Crippen LogP contribution in [0, 0.1) is 6.92 Å². The van der Waals surface area contributed by atoms with Crippen LogP contribution in [0.5, 0.6) is 0 Å². The highest BCUT2D eigenvalue weighted by Crippen LogP contribution is 2.14. The lowest BCUT2D eigenvalue weighted by molar-refractivity contribution is 0.0659. The smallest absolute Gasteiger partial charge is 0.372 e. The average Bonchev–Trinajstić information content (AvgIpc) is 2.55. The zero-order valence-electron chi connectivity index (χ0n) is 8.75. The monoisotopic (exact) mass is 212 g/mol. The first-order valence-electron chi connectivity index (χ1n) is 4.88. The summed E-state index contributed by atoms with van der Waals surface area (Å²) in [6.07, 6.45) is 0.894. The van der Waals surface area contributed by atoms with Crippen LogP contribution in [0.1, 0.15) is 28.3 Å². The van der Waals surface area contributed by atoms with E-state index in [2.05, 4.69) is 5.32 Å². The minimum atomic E-state index is -1.03. The van der Waals surface area contributed by atoms with E-state index in [4.69, 9.17) is 15.3 Å². The van der Waals surface area contributed by atoms with Gasteiger partial charge in [0.1, 0.15) is 5.76 Å². The second-order valence-electron chi connectivity index (χ2n) is 3.35. The Labute approximate surface area is 88.3 Å². The predicted molar refractivity (Wildman–Crippen MR) is 55.8 cm³/mol. The summed E-state index contributed by atoms with van der Waals surface area (Å²) < 4.78 is 5.16. The van der Waals surface area contributed by atoms with Crippen molar-refractivity contribution in [1.29, 1.82) is 0 Å². The van der Waals surface area contributed by atoms with E-state index in [1.807, 2.05) is 0 Å². The number of aryl methyl sites for hydroxylation is 1. The Morgan fingerprint density at radius 2 is 2.40 bits per heavy atom. The van der Waals surface area contributed by atoms with E-state index < -0.39 is 5.97 Å². The van der Waals surface area contributed by atoms with Gasteiger partial charge in [-0.2, -0.15) is 0 Å². The lowest BCUT2D eigenvalue weighted by Crippen LogP contribution is -2.17. The van der Waals surface area contributed by atoms with E-state index in [-0.39, 0.29) is 5.76 Å². The van der Waals surface area contributed by atoms with Crippen molar-refractivity contribution in [1.82, 2.24) is 5.32 Å². The predicted octanol–water partition coefficient (Wildman–Crippen LogP) is 0.725. The van der Waals surface area contributed by atoms with Crippen molar-refractivity contribution in [3.63, 3.8) is 0 Å². The molecule has 0 radical (unpaired) electrons. The molecule has 0 bridgehead atoms. The maximum absolute atomic E-state index is 10.7. The van der Waals surface area contributed by atoms with Crippen LogP contribution in [0.25, 0.3) is 0 Å². The molecule has 0 saturated heterocycles. The zero-order chi connectivity index (χ0) is 11.3. The zero-order valence-corrected chi connectivity index (χ0v) is 8.75. The van der Waals surface area contributed by atoms with Gasteiger partial charge in [0.25, 0.3) is 0 Å². The van der Waals surface area contributed by atoms with E-state index >= 15 is 0 Å². The third-order valence-corrected chi connectivity index (χ3v) is 2.02. The third-order valence-electron chi connectivity index (χ3n) is 2.02. The van der Waals surface area contributed by atoms with Crippen LogP contribution < -0.4 is 11.1 Å². The molecule has 4 N–H and O–H groups in total. The number of hydrogen-bond acceptors (Lipinski definition) is 4. The van der Waals surface area contributed by atoms with E-state index in [1.54, 1.807) is 13.0 Å². The minimum Gasteiger partial charge on any atom is -0.475 e. The fourth-order valence-electron chi connectivity index (χ4n) is 1.29. The molecule has 0 saturated carbocycles. The molecule has 5 nitrogen and oxygen atoms in total. The molecule has 0 aliphatic carbocycles. The summed E-state index contributed by atoms with van der Waals surface area (Å²) in [5.41, 5.74) is 5.99. The third kappa shape index (κ3) is 3.38. The Morgan fingerprint density at radius 3 is 2.93 bits per heavy atom. The van der Waals surface area contributed by atoms with Gasteiger partial charge in [0.2, 0.25) is 5.76 Å². The highest BCUT2D eigenvalue weighted by Gasteiger charge is 2.13. The molecular weight excluding hydrogens is 196 g/mol. The normalized spacial score (nSPS) is 10.5. The molecule has 15 heavy (non-hydrogen) atoms. The van der Waals surface area contributed by atoms with Crippen molar-refractivity contribution in [3.05, 3.63) is 23.2 Å². The molecular formula is C10H16N2O3. The van der Waals surface area contributed by atoms with Crippen LogP contribution >= 0.6 is 0 Å². The van der Waals surface area contributed by atoms with Gasteiger partial charge in [0.05, 0.1) is 6.54 Å². The van der Waals surface area contributed by atoms with Crippen LogP contribution in [0.3, 0.4) is 0 Å². The number of furan rings is 1. The lowest BCUT2D eigenvalue weighted by atomic mass is 10.2. The summed E-state index contributed by atoms with van der Waals surface area (Å²) in [5, 5.41) is 11.9. The summed E-state index contributed by atoms with van der Waals surface area (Å²) in [4.78, 5) is 10.7. The van der Waals surface area contributed by atoms with Crippen LogP contribution in [0.2, 0.25) is 0 Å². The number of nitrogens with two attached hydrogens (primary N) is 1. The van der Waals surface area contributed by atoms with Crippen molar-refractivity contribution >= 4 is 5.97 Å². The molecule has 1 rings (SSSR count). The standard InChI is InChI=1S/C10H16N2O3/c1-7-5-8(6-12-4-2-3-11)15-9(7)10(13)14/h5,12H,2-4,6,11H2,1H3,(H,13,14). The van der Waals surface area contributed by atoms with Crippen LogP contribution in [-0.2, 0) is 6.54 Å². The Morgan fingerprint density at radius 1 is 1.67 bits per heavy atom. The molecule has 0 aliphatic heterocycles. The minimum absolute atomic E-state index is 0.0191. The SMILES string of the molecule is Cc1cc(CNCCCN)oc1C(=O)O. The van der Waals surface area contributed by atoms with Gasteiger partial charge in [-0.15, -0.1) is 0 Å². The molecule has 0 unspecified atom stereocenters. The second-order valence-corrected chi connectivity index (χ2v) is 3.35. The van der Waals surface area contributed by atoms with Gasteiger partial charge in [-0.25, -0.2) is 4.79 Å². The van der Waals surface area contributed by atoms with Gasteiger partial charge in [0.15, 0.2) is 0 Å². The van der Waals surface area contributed by atoms with E-state index in [0.29, 0.717) is 24.4 Å². The number of carbonyl (C=O) groups is 1. The quantitative estimate of drug-likeness (QED) is 0.605. The molecule has 5 heteroatoms. The van der Waals surface area contributed by atoms with Crippen LogP contribution in [0.4, 0.5) is 0 Å². The van der Waals surface area contributed by atoms with Crippen molar-refractivity contribution in [2.24, 2.45) is 5.73 Å². The van der Waals surface area contributed by atoms with Gasteiger partial charge in [0, 0.05) is 5.56 Å². The molecule has 0 aliphatic rings. The van der Waals surface area contributed by atoms with Crippen molar-refractivity contribution in [2.75, 3.05) is 13.1 Å². The molecule has 0 fully saturated rings. The van der Waals surface area contributed by atoms with Crippen molar-refractivity contribution in [3.8, 4) is 0 Å². The summed E-state index contributed by atoms with van der Waals surface area (Å²) in [5.74, 6) is -0.367. The second kappa shape index (κ2) is 5.53. The molecule has 0 spiro atoms. The maximum atomic E-state index is 10.7. The Hall–Kier alpha value is -1.33. The lowest BCUT2D eigenvalue weighted by Gasteiger charge is -1.99. The van der Waals surface area contributed by atoms with E-state index in [0.717, 1.165) is 13.0 Å². The number of carboxylic acids is 1. The molecule has 0 atom stereocenters. The van der Waals surface area contributed by atoms with Gasteiger partial charge in [-0.3, -0.25) is 0 Å². The largest absolute Gasteiger partial charge is 0.475 e. The molecule has 0 aromatic carbocycles. The Balaban J connectivity index is 2.48. The Kier molecular flexibility index (Phi) is 4.33. The number of carboxylic acid groups (broad SMARTS) is 1. The number of hydrogen-bond donors (Lipinski definition) is 3. The first-order valence-corrected chi connectivity index (χ1v) is 4.88. The summed E-state index contributed by atoms with van der Waals surface area (Å²) >= 11 is 0. The van der Waals surface area contributed by atoms with E-state index in [9.17, 15) is 4.79 Å². The summed E-state index contributed by atoms with van der Waals surface area (Å²) in [6.45, 7) is 3.70. The number of nitrogens with one attached hydrogen (secondary N) is 1. The topological polar surface area (TPSA) is 88.5 Å². The first kappa shape index (κ1) is 11.7. The summed E-state index contributed by atoms with van der Waals surface area (Å²) in [6, 6.07) is 1.74. The molecule has 1 aromatic rings. The number of aromatic carboxylic acids is 1. The average molecular weight is 212 g/mol. The molecule has 84 valence electrons. The van der Waals surface area contributed by atoms with Crippen LogP contribution in [0.15, 0.2) is 10.5 Å². The van der Waals surface area contributed by atoms with Gasteiger partial charge < -0.3 is 20.6 Å². The van der Waals surface area contributed by atoms with Crippen molar-refractivity contribution in [2.45, 2.75) is 19.9 Å². The fourth-order valence-corrected chi connectivity index (χ4v) is 1.29. The van der Waals surface area contributed by atoms with Gasteiger partial charge >= 0.3 is 5.97 Å². The maximum Gasteiger partial charge on any atom is 0.372 e. The highest BCUT2D eigenvalue weighted by atomic mass is 16.4. The Bertz CT molecular complexity index is 333. The molecule has 1 aromatic heterocycles. The fraction of sp³-hybridized carbons (Fsp3) is 0.500. The highest BCUT2D eigenvalue weighted by molar-refractivity contribution is 5.86. The molecule has 1 heterocycles. The van der Waals surface area contributed by atoms with E-state index in [1.165, 1.54) is 0 Å². The first-order chi connectivity index (χ1) is 7.15. The number of rotatable bonds is 6. The van der Waals surface area contributed by atoms with Crippen LogP contribution in [-0.4, -0.2) is 24.2 Å². The summed E-state index contributed by atoms with van der Waals surface area (Å²) in [7, 11) is 0. The van der Waals surface area contributed by atoms with Gasteiger partial charge in [-0.1, -0.05) is 0 Å². The molecule has 0 amide bonds.